The van der Waals surface area contributed by atoms with E-state index in [2.05, 4.69) is 0 Å². The van der Waals surface area contributed by atoms with Crippen LogP contribution < -0.4 is 0 Å². The van der Waals surface area contributed by atoms with E-state index in [1.165, 1.54) is 6.07 Å². The molecule has 0 aliphatic rings. The van der Waals surface area contributed by atoms with Gasteiger partial charge >= 0.3 is 0 Å². The van der Waals surface area contributed by atoms with Gasteiger partial charge in [0, 0.05) is 49.4 Å². The minimum atomic E-state index is -0.489. The van der Waals surface area contributed by atoms with Crippen molar-refractivity contribution in [1.82, 2.24) is 19.5 Å². The molecule has 5 nitrogen and oxygen atoms in total. The van der Waals surface area contributed by atoms with Gasteiger partial charge in [0.05, 0.1) is 31.8 Å². The third-order valence-electron chi connectivity index (χ3n) is 9.91. The molecular weight excluding hydrogens is 685 g/mol. The third kappa shape index (κ3) is 5.29. The van der Waals surface area contributed by atoms with Crippen molar-refractivity contribution < 1.29 is 19.5 Å². The first-order valence-electron chi connectivity index (χ1n) is 23.4. The molecule has 0 saturated heterocycles. The van der Waals surface area contributed by atoms with Crippen molar-refractivity contribution in [3.05, 3.63) is 194 Å². The second kappa shape index (κ2) is 13.0. The van der Waals surface area contributed by atoms with Crippen LogP contribution in [0.15, 0.2) is 198 Å². The van der Waals surface area contributed by atoms with Gasteiger partial charge in [-0.3, -0.25) is 0 Å². The van der Waals surface area contributed by atoms with Crippen molar-refractivity contribution in [3.63, 3.8) is 0 Å². The van der Waals surface area contributed by atoms with Crippen LogP contribution in [0, 0.1) is 0 Å². The number of rotatable bonds is 6. The summed E-state index contributed by atoms with van der Waals surface area (Å²) in [5.41, 5.74) is 4.71. The lowest BCUT2D eigenvalue weighted by Crippen LogP contribution is -2.02. The molecule has 262 valence electrons. The zero-order valence-electron chi connectivity index (χ0n) is 40.3. The van der Waals surface area contributed by atoms with E-state index in [1.807, 2.05) is 108 Å². The molecule has 56 heavy (non-hydrogen) atoms. The number of benzene rings is 8. The summed E-state index contributed by atoms with van der Waals surface area (Å²) in [5.74, 6) is 1.12. The van der Waals surface area contributed by atoms with E-state index >= 15 is 0 Å². The van der Waals surface area contributed by atoms with Crippen LogP contribution in [-0.2, 0) is 0 Å². The van der Waals surface area contributed by atoms with E-state index < -0.39 is 24.2 Å². The minimum absolute atomic E-state index is 0.0122. The number of hydrogen-bond acceptors (Lipinski definition) is 4. The third-order valence-corrected chi connectivity index (χ3v) is 9.91. The summed E-state index contributed by atoms with van der Waals surface area (Å²) in [6.07, 6.45) is 0. The molecule has 0 saturated carbocycles. The fraction of sp³-hybridized carbons (Fsp3) is 0. The van der Waals surface area contributed by atoms with Gasteiger partial charge in [0.25, 0.3) is 0 Å². The molecule has 0 aliphatic carbocycles. The van der Waals surface area contributed by atoms with Crippen LogP contribution in [-0.4, -0.2) is 19.5 Å². The number of para-hydroxylation sites is 3. The van der Waals surface area contributed by atoms with E-state index in [0.717, 1.165) is 16.5 Å². The largest absolute Gasteiger partial charge is 0.455 e. The lowest BCUT2D eigenvalue weighted by molar-refractivity contribution is 0.670. The molecule has 11 aromatic rings. The predicted octanol–water partition coefficient (Wildman–Crippen LogP) is 13.2. The van der Waals surface area contributed by atoms with E-state index in [4.69, 9.17) is 31.7 Å². The normalized spacial score (nSPS) is 14.3. The van der Waals surface area contributed by atoms with Crippen LogP contribution in [0.2, 0.25) is 0 Å². The van der Waals surface area contributed by atoms with Gasteiger partial charge in [-0.15, -0.1) is 0 Å². The van der Waals surface area contributed by atoms with Crippen molar-refractivity contribution in [2.45, 2.75) is 0 Å². The number of nitrogens with zero attached hydrogens (tertiary/aromatic N) is 4. The van der Waals surface area contributed by atoms with Crippen molar-refractivity contribution in [2.24, 2.45) is 0 Å². The number of furan rings is 1. The first kappa shape index (κ1) is 22.6. The summed E-state index contributed by atoms with van der Waals surface area (Å²) in [7, 11) is 0. The minimum Gasteiger partial charge on any atom is -0.455 e. The second-order valence-corrected chi connectivity index (χ2v) is 13.2. The van der Waals surface area contributed by atoms with Crippen LogP contribution in [0.5, 0.6) is 0 Å². The van der Waals surface area contributed by atoms with Gasteiger partial charge in [-0.05, 0) is 53.6 Å². The maximum absolute atomic E-state index is 9.58. The van der Waals surface area contributed by atoms with Gasteiger partial charge in [0.15, 0.2) is 17.5 Å². The SMILES string of the molecule is [2H]c1cc([2H])c2oc3c(-c4cc(-c5nc(-c6ccccc6)nc(-c6ccccc6)n5)ccc4-n4c5ccccc5c5cc(-c6c([2H])c([2H])c([2H])c([2H])c6[2H])ccc54)c([2H])c([2H])c([2H])c3c2c1[2H]. The summed E-state index contributed by atoms with van der Waals surface area (Å²) in [4.78, 5) is 14.8. The molecule has 11 rings (SSSR count). The van der Waals surface area contributed by atoms with Gasteiger partial charge in [-0.25, -0.2) is 15.0 Å². The molecule has 3 heterocycles. The molecule has 0 aliphatic heterocycles. The monoisotopic (exact) mass is 727 g/mol. The van der Waals surface area contributed by atoms with Gasteiger partial charge in [-0.2, -0.15) is 0 Å². The quantitative estimate of drug-likeness (QED) is 0.171. The fourth-order valence-corrected chi connectivity index (χ4v) is 7.35. The average molecular weight is 728 g/mol. The Morgan fingerprint density at radius 1 is 0.411 bits per heavy atom. The fourth-order valence-electron chi connectivity index (χ4n) is 7.35. The highest BCUT2D eigenvalue weighted by molar-refractivity contribution is 6.13. The first-order chi connectivity index (χ1) is 32.3. The Morgan fingerprint density at radius 3 is 1.84 bits per heavy atom. The summed E-state index contributed by atoms with van der Waals surface area (Å²) in [6.45, 7) is 0. The molecule has 0 N–H and O–H groups in total. The maximum atomic E-state index is 9.58. The van der Waals surface area contributed by atoms with Crippen molar-refractivity contribution in [3.8, 4) is 62.1 Å². The number of hydrogen-bond donors (Lipinski definition) is 0. The number of fused-ring (bicyclic) bond motifs is 6. The van der Waals surface area contributed by atoms with E-state index in [0.29, 0.717) is 56.3 Å². The molecule has 0 bridgehead atoms. The summed E-state index contributed by atoms with van der Waals surface area (Å²) < 4.78 is 105. The molecule has 0 atom stereocenters. The average Bonchev–Trinajstić information content (AvgIpc) is 3.91. The zero-order valence-corrected chi connectivity index (χ0v) is 29.3. The summed E-state index contributed by atoms with van der Waals surface area (Å²) in [5, 5.41) is 1.51. The highest BCUT2D eigenvalue weighted by atomic mass is 16.3. The van der Waals surface area contributed by atoms with E-state index in [1.54, 1.807) is 18.2 Å². The highest BCUT2D eigenvalue weighted by Gasteiger charge is 2.21. The molecule has 8 aromatic carbocycles. The lowest BCUT2D eigenvalue weighted by atomic mass is 9.97. The predicted molar refractivity (Wildman–Crippen MR) is 229 cm³/mol. The first-order valence-corrected chi connectivity index (χ1v) is 17.9. The highest BCUT2D eigenvalue weighted by Crippen LogP contribution is 2.43. The van der Waals surface area contributed by atoms with Crippen molar-refractivity contribution in [2.75, 3.05) is 0 Å². The maximum Gasteiger partial charge on any atom is 0.164 e. The van der Waals surface area contributed by atoms with Crippen molar-refractivity contribution >= 4 is 43.7 Å². The Morgan fingerprint density at radius 2 is 1.07 bits per heavy atom. The van der Waals surface area contributed by atoms with Gasteiger partial charge in [-0.1, -0.05) is 151 Å². The topological polar surface area (TPSA) is 56.7 Å². The Bertz CT molecular complexity index is 3810. The standard InChI is InChI=1S/C51H32N4O/c1-4-15-33(16-5-1)36-27-29-45-42(31-36)38-21-10-12-25-44(38)55(45)46-30-28-37(32-43(46)41-24-14-23-40-39-22-11-13-26-47(39)56-48(40)41)51-53-49(34-17-6-2-7-18-34)52-50(54-51)35-19-8-3-9-20-35/h1-32H/i1D,4D,5D,11D,14D,15D,16D,22D,23D,24D,26D. The second-order valence-electron chi connectivity index (χ2n) is 13.2. The van der Waals surface area contributed by atoms with Gasteiger partial charge in [0.2, 0.25) is 0 Å². The Balaban J connectivity index is 1.25. The van der Waals surface area contributed by atoms with Gasteiger partial charge < -0.3 is 8.98 Å². The molecular formula is C51H32N4O. The van der Waals surface area contributed by atoms with Crippen LogP contribution in [0.3, 0.4) is 0 Å². The Labute approximate surface area is 338 Å². The van der Waals surface area contributed by atoms with Crippen molar-refractivity contribution in [1.29, 1.82) is 0 Å². The number of aromatic nitrogens is 4. The van der Waals surface area contributed by atoms with Crippen LogP contribution in [0.4, 0.5) is 0 Å². The summed E-state index contributed by atoms with van der Waals surface area (Å²) >= 11 is 0. The Hall–Kier alpha value is -7.63. The zero-order chi connectivity index (χ0) is 46.6. The molecule has 0 radical (unpaired) electrons. The molecule has 3 aromatic heterocycles. The molecule has 5 heteroatoms. The molecule has 0 fully saturated rings. The Kier molecular flexibility index (Phi) is 5.25. The van der Waals surface area contributed by atoms with E-state index in [-0.39, 0.29) is 75.4 Å². The molecule has 0 spiro atoms. The lowest BCUT2D eigenvalue weighted by Gasteiger charge is -2.16. The smallest absolute Gasteiger partial charge is 0.164 e. The van der Waals surface area contributed by atoms with Gasteiger partial charge in [0.1, 0.15) is 11.2 Å². The molecule has 0 amide bonds. The molecule has 0 unspecified atom stereocenters. The van der Waals surface area contributed by atoms with Crippen LogP contribution in [0.1, 0.15) is 15.1 Å². The van der Waals surface area contributed by atoms with E-state index in [9.17, 15) is 2.74 Å². The van der Waals surface area contributed by atoms with Crippen LogP contribution >= 0.6 is 0 Å². The summed E-state index contributed by atoms with van der Waals surface area (Å²) in [6, 6.07) is 34.6. The van der Waals surface area contributed by atoms with Crippen LogP contribution in [0.25, 0.3) is 106 Å².